The summed E-state index contributed by atoms with van der Waals surface area (Å²) in [4.78, 5) is 25.0. The molecule has 3 heterocycles. The third-order valence-corrected chi connectivity index (χ3v) is 5.34. The molecule has 23 heavy (non-hydrogen) atoms. The van der Waals surface area contributed by atoms with Crippen LogP contribution in [-0.2, 0) is 24.2 Å². The molecule has 0 aliphatic carbocycles. The van der Waals surface area contributed by atoms with E-state index in [9.17, 15) is 4.79 Å². The van der Waals surface area contributed by atoms with Gasteiger partial charge in [0.05, 0.1) is 18.4 Å². The fraction of sp³-hybridized carbons (Fsp3) is 0.235. The Bertz CT molecular complexity index is 875. The number of fused-ring (bicyclic) bond motifs is 3. The van der Waals surface area contributed by atoms with Gasteiger partial charge in [-0.2, -0.15) is 0 Å². The first-order valence-electron chi connectivity index (χ1n) is 7.55. The minimum atomic E-state index is 0.165. The number of rotatable bonds is 2. The van der Waals surface area contributed by atoms with Gasteiger partial charge in [-0.15, -0.1) is 11.3 Å². The van der Waals surface area contributed by atoms with Crippen molar-refractivity contribution in [3.8, 4) is 0 Å². The van der Waals surface area contributed by atoms with Gasteiger partial charge in [0.15, 0.2) is 0 Å². The summed E-state index contributed by atoms with van der Waals surface area (Å²) in [6.45, 7) is 1.36. The van der Waals surface area contributed by atoms with Crippen molar-refractivity contribution in [2.24, 2.45) is 0 Å². The molecule has 0 radical (unpaired) electrons. The van der Waals surface area contributed by atoms with E-state index in [2.05, 4.69) is 9.97 Å². The van der Waals surface area contributed by atoms with Crippen molar-refractivity contribution in [3.05, 3.63) is 52.7 Å². The van der Waals surface area contributed by atoms with E-state index in [4.69, 9.17) is 5.73 Å². The van der Waals surface area contributed by atoms with Gasteiger partial charge in [-0.25, -0.2) is 9.97 Å². The summed E-state index contributed by atoms with van der Waals surface area (Å²) in [7, 11) is 0. The zero-order valence-corrected chi connectivity index (χ0v) is 13.3. The van der Waals surface area contributed by atoms with E-state index >= 15 is 0 Å². The van der Waals surface area contributed by atoms with Gasteiger partial charge in [0.25, 0.3) is 0 Å². The van der Waals surface area contributed by atoms with Crippen molar-refractivity contribution in [2.75, 3.05) is 12.3 Å². The van der Waals surface area contributed by atoms with Crippen LogP contribution in [0.2, 0.25) is 0 Å². The zero-order valence-electron chi connectivity index (χ0n) is 12.5. The predicted octanol–water partition coefficient (Wildman–Crippen LogP) is 2.40. The first-order chi connectivity index (χ1) is 11.2. The van der Waals surface area contributed by atoms with E-state index in [1.54, 1.807) is 11.3 Å². The molecule has 1 aliphatic rings. The van der Waals surface area contributed by atoms with E-state index in [1.807, 2.05) is 35.2 Å². The summed E-state index contributed by atoms with van der Waals surface area (Å²) < 4.78 is 0. The Morgan fingerprint density at radius 1 is 1.26 bits per heavy atom. The maximum atomic E-state index is 12.5. The lowest BCUT2D eigenvalue weighted by Crippen LogP contribution is -2.36. The topological polar surface area (TPSA) is 72.1 Å². The van der Waals surface area contributed by atoms with Crippen LogP contribution in [0.5, 0.6) is 0 Å². The molecule has 6 heteroatoms. The smallest absolute Gasteiger partial charge is 0.227 e. The first kappa shape index (κ1) is 14.1. The molecule has 2 N–H and O–H groups in total. The van der Waals surface area contributed by atoms with Gasteiger partial charge in [0.1, 0.15) is 17.0 Å². The van der Waals surface area contributed by atoms with Crippen molar-refractivity contribution in [2.45, 2.75) is 19.4 Å². The molecule has 1 aromatic carbocycles. The molecule has 0 saturated carbocycles. The van der Waals surface area contributed by atoms with Crippen LogP contribution in [0.15, 0.2) is 36.7 Å². The van der Waals surface area contributed by atoms with E-state index in [1.165, 1.54) is 16.8 Å². The van der Waals surface area contributed by atoms with E-state index < -0.39 is 0 Å². The maximum absolute atomic E-state index is 12.5. The molecule has 0 atom stereocenters. The number of thiophene rings is 1. The Balaban J connectivity index is 1.58. The van der Waals surface area contributed by atoms with Gasteiger partial charge in [0.2, 0.25) is 5.91 Å². The Hall–Kier alpha value is -2.47. The minimum absolute atomic E-state index is 0.165. The van der Waals surface area contributed by atoms with Gasteiger partial charge in [0, 0.05) is 11.4 Å². The van der Waals surface area contributed by atoms with Crippen LogP contribution in [0.1, 0.15) is 16.0 Å². The summed E-state index contributed by atoms with van der Waals surface area (Å²) in [6, 6.07) is 9.87. The molecule has 0 bridgehead atoms. The summed E-state index contributed by atoms with van der Waals surface area (Å²) in [6.07, 6.45) is 2.76. The summed E-state index contributed by atoms with van der Waals surface area (Å²) in [5.74, 6) is 0.704. The quantitative estimate of drug-likeness (QED) is 0.786. The molecule has 4 rings (SSSR count). The van der Waals surface area contributed by atoms with Crippen LogP contribution < -0.4 is 5.73 Å². The van der Waals surface area contributed by atoms with Gasteiger partial charge < -0.3 is 10.6 Å². The number of hydrogen-bond acceptors (Lipinski definition) is 5. The second-order valence-electron chi connectivity index (χ2n) is 5.67. The number of carbonyl (C=O) groups is 1. The predicted molar refractivity (Wildman–Crippen MR) is 91.1 cm³/mol. The normalized spacial score (nSPS) is 14.0. The van der Waals surface area contributed by atoms with Crippen LogP contribution >= 0.6 is 11.3 Å². The molecule has 5 nitrogen and oxygen atoms in total. The Kier molecular flexibility index (Phi) is 3.46. The molecule has 0 unspecified atom stereocenters. The van der Waals surface area contributed by atoms with Crippen molar-refractivity contribution in [1.82, 2.24) is 14.9 Å². The maximum Gasteiger partial charge on any atom is 0.227 e. The lowest BCUT2D eigenvalue weighted by Gasteiger charge is -2.27. The lowest BCUT2D eigenvalue weighted by molar-refractivity contribution is -0.131. The van der Waals surface area contributed by atoms with Gasteiger partial charge in [-0.05, 0) is 17.5 Å². The monoisotopic (exact) mass is 324 g/mol. The van der Waals surface area contributed by atoms with Crippen molar-refractivity contribution in [1.29, 1.82) is 0 Å². The lowest BCUT2D eigenvalue weighted by atomic mass is 10.0. The molecule has 116 valence electrons. The standard InChI is InChI=1S/C17H16N4OS/c18-16-15-12-6-7-21(9-13(12)23-17(15)20-10-19-16)14(22)8-11-4-2-1-3-5-11/h1-5,10H,6-9H2,(H2,18,19,20). The second kappa shape index (κ2) is 5.62. The van der Waals surface area contributed by atoms with Crippen LogP contribution in [0.25, 0.3) is 10.2 Å². The second-order valence-corrected chi connectivity index (χ2v) is 6.75. The third-order valence-electron chi connectivity index (χ3n) is 4.22. The average molecular weight is 324 g/mol. The van der Waals surface area contributed by atoms with Crippen molar-refractivity contribution in [3.63, 3.8) is 0 Å². The van der Waals surface area contributed by atoms with Crippen molar-refractivity contribution >= 4 is 33.3 Å². The number of nitrogens with two attached hydrogens (primary N) is 1. The van der Waals surface area contributed by atoms with Gasteiger partial charge in [-0.3, -0.25) is 4.79 Å². The Labute approximate surface area is 137 Å². The summed E-state index contributed by atoms with van der Waals surface area (Å²) >= 11 is 1.62. The molecular formula is C17H16N4OS. The van der Waals surface area contributed by atoms with Crippen LogP contribution in [0.3, 0.4) is 0 Å². The highest BCUT2D eigenvalue weighted by atomic mass is 32.1. The van der Waals surface area contributed by atoms with E-state index in [0.29, 0.717) is 18.8 Å². The van der Waals surface area contributed by atoms with Gasteiger partial charge >= 0.3 is 0 Å². The summed E-state index contributed by atoms with van der Waals surface area (Å²) in [5, 5.41) is 0.975. The number of anilines is 1. The Morgan fingerprint density at radius 2 is 2.09 bits per heavy atom. The molecule has 1 amide bonds. The fourth-order valence-corrected chi connectivity index (χ4v) is 4.26. The molecule has 0 saturated heterocycles. The first-order valence-corrected chi connectivity index (χ1v) is 8.36. The number of benzene rings is 1. The SMILES string of the molecule is Nc1ncnc2sc3c(c12)CCN(C(=O)Cc1ccccc1)C3. The van der Waals surface area contributed by atoms with Crippen LogP contribution in [0.4, 0.5) is 5.82 Å². The number of aromatic nitrogens is 2. The van der Waals surface area contributed by atoms with Crippen LogP contribution in [0, 0.1) is 0 Å². The van der Waals surface area contributed by atoms with E-state index in [0.717, 1.165) is 28.7 Å². The zero-order chi connectivity index (χ0) is 15.8. The highest BCUT2D eigenvalue weighted by Gasteiger charge is 2.25. The van der Waals surface area contributed by atoms with Crippen molar-refractivity contribution < 1.29 is 4.79 Å². The number of carbonyl (C=O) groups excluding carboxylic acids is 1. The molecular weight excluding hydrogens is 308 g/mol. The number of nitrogens with zero attached hydrogens (tertiary/aromatic N) is 3. The molecule has 0 spiro atoms. The fourth-order valence-electron chi connectivity index (χ4n) is 3.05. The molecule has 2 aromatic heterocycles. The highest BCUT2D eigenvalue weighted by molar-refractivity contribution is 7.19. The Morgan fingerprint density at radius 3 is 2.91 bits per heavy atom. The summed E-state index contributed by atoms with van der Waals surface area (Å²) in [5.41, 5.74) is 8.26. The number of hydrogen-bond donors (Lipinski definition) is 1. The number of amides is 1. The third kappa shape index (κ3) is 2.55. The molecule has 3 aromatic rings. The molecule has 1 aliphatic heterocycles. The number of nitrogen functional groups attached to an aromatic ring is 1. The van der Waals surface area contributed by atoms with Gasteiger partial charge in [-0.1, -0.05) is 30.3 Å². The largest absolute Gasteiger partial charge is 0.383 e. The van der Waals surface area contributed by atoms with E-state index in [-0.39, 0.29) is 5.91 Å². The average Bonchev–Trinajstić information content (AvgIpc) is 2.94. The molecule has 0 fully saturated rings. The highest BCUT2D eigenvalue weighted by Crippen LogP contribution is 2.36. The van der Waals surface area contributed by atoms with Crippen LogP contribution in [-0.4, -0.2) is 27.3 Å². The minimum Gasteiger partial charge on any atom is -0.383 e.